The minimum absolute atomic E-state index is 0.0961. The topological polar surface area (TPSA) is 99.4 Å². The Kier molecular flexibility index (Phi) is 7.63. The van der Waals surface area contributed by atoms with Crippen LogP contribution < -0.4 is 5.26 Å². The van der Waals surface area contributed by atoms with Gasteiger partial charge in [-0.2, -0.15) is 0 Å². The summed E-state index contributed by atoms with van der Waals surface area (Å²) in [5.74, 6) is -0.650. The molecule has 0 amide bonds. The molecule has 1 aliphatic rings. The minimum Gasteiger partial charge on any atom is -0.588 e. The summed E-state index contributed by atoms with van der Waals surface area (Å²) >= 11 is 0. The number of hydrogen-bond acceptors (Lipinski definition) is 6. The lowest BCUT2D eigenvalue weighted by molar-refractivity contribution is -1.05. The molecule has 0 aromatic heterocycles. The molecule has 7 nitrogen and oxygen atoms in total. The molecule has 170 valence electrons. The highest BCUT2D eigenvalue weighted by atomic mass is 28.4. The molecule has 1 rings (SSSR count). The lowest BCUT2D eigenvalue weighted by Crippen LogP contribution is -2.61. The first-order valence-electron chi connectivity index (χ1n) is 10.1. The zero-order chi connectivity index (χ0) is 23.1. The Hall–Kier alpha value is -0.746. The predicted octanol–water partition coefficient (Wildman–Crippen LogP) is 2.85. The minimum atomic E-state index is -2.32. The number of carbonyl (C=O) groups is 1. The van der Waals surface area contributed by atoms with E-state index >= 15 is 0 Å². The zero-order valence-electron chi connectivity index (χ0n) is 20.0. The first-order valence-corrected chi connectivity index (χ1v) is 16.0. The summed E-state index contributed by atoms with van der Waals surface area (Å²) in [4.78, 5) is 13.3. The average Bonchev–Trinajstić information content (AvgIpc) is 2.50. The van der Waals surface area contributed by atoms with Crippen molar-refractivity contribution in [2.24, 2.45) is 0 Å². The lowest BCUT2D eigenvalue weighted by atomic mass is 9.80. The Morgan fingerprint density at radius 2 is 1.34 bits per heavy atom. The largest absolute Gasteiger partial charge is 0.588 e. The Morgan fingerprint density at radius 1 is 1.00 bits per heavy atom. The molecule has 0 aromatic carbocycles. The van der Waals surface area contributed by atoms with Crippen LogP contribution in [-0.4, -0.2) is 58.4 Å². The molecule has 0 heterocycles. The summed E-state index contributed by atoms with van der Waals surface area (Å²) in [5, 5.41) is 22.2. The van der Waals surface area contributed by atoms with E-state index in [2.05, 4.69) is 46.1 Å². The fourth-order valence-corrected chi connectivity index (χ4v) is 5.37. The van der Waals surface area contributed by atoms with Crippen molar-refractivity contribution in [2.45, 2.75) is 108 Å². The molecule has 0 saturated heterocycles. The van der Waals surface area contributed by atoms with Gasteiger partial charge >= 0.3 is 5.97 Å². The van der Waals surface area contributed by atoms with Crippen molar-refractivity contribution in [1.29, 1.82) is 0 Å². The predicted molar refractivity (Wildman–Crippen MR) is 115 cm³/mol. The van der Waals surface area contributed by atoms with Gasteiger partial charge in [-0.05, 0) is 36.3 Å². The number of carbonyl (C=O) groups excluding carboxylic acids is 2. The van der Waals surface area contributed by atoms with Gasteiger partial charge in [0.2, 0.25) is 5.60 Å². The smallest absolute Gasteiger partial charge is 0.530 e. The van der Waals surface area contributed by atoms with Crippen molar-refractivity contribution < 1.29 is 33.3 Å². The number of esters is 1. The van der Waals surface area contributed by atoms with Crippen LogP contribution in [-0.2, 0) is 23.0 Å². The van der Waals surface area contributed by atoms with E-state index in [1.165, 1.54) is 7.11 Å². The second kappa shape index (κ2) is 8.41. The van der Waals surface area contributed by atoms with E-state index in [1.54, 1.807) is 0 Å². The molecule has 29 heavy (non-hydrogen) atoms. The number of methoxy groups -OCH3 is 1. The number of Topliss-reactive ketones (excluding diaryl/α,β-unsaturated/α-hetero) is 1. The van der Waals surface area contributed by atoms with Crippen LogP contribution in [0.4, 0.5) is 0 Å². The highest BCUT2D eigenvalue weighted by molar-refractivity contribution is 6.74. The van der Waals surface area contributed by atoms with Crippen molar-refractivity contribution in [3.63, 3.8) is 0 Å². The van der Waals surface area contributed by atoms with Gasteiger partial charge in [-0.25, -0.2) is 0 Å². The molecule has 0 radical (unpaired) electrons. The third-order valence-electron chi connectivity index (χ3n) is 6.81. The summed E-state index contributed by atoms with van der Waals surface area (Å²) in [6, 6.07) is 0. The molecule has 1 saturated carbocycles. The molecule has 0 aromatic rings. The molecular weight excluding hydrogens is 408 g/mol. The Labute approximate surface area is 177 Å². The van der Waals surface area contributed by atoms with Crippen molar-refractivity contribution in [1.82, 2.24) is 0 Å². The van der Waals surface area contributed by atoms with E-state index in [1.807, 2.05) is 26.2 Å². The van der Waals surface area contributed by atoms with Crippen LogP contribution in [0.25, 0.3) is 0 Å². The summed E-state index contributed by atoms with van der Waals surface area (Å²) in [7, 11) is -3.38. The molecule has 9 heteroatoms. The molecule has 2 atom stereocenters. The highest BCUT2D eigenvalue weighted by Crippen LogP contribution is 2.43. The maximum absolute atomic E-state index is 13.3. The van der Waals surface area contributed by atoms with E-state index in [0.29, 0.717) is 0 Å². The van der Waals surface area contributed by atoms with Gasteiger partial charge in [-0.3, -0.25) is 9.37 Å². The number of ketones is 1. The van der Waals surface area contributed by atoms with E-state index < -0.39 is 40.4 Å². The summed E-state index contributed by atoms with van der Waals surface area (Å²) < 4.78 is 21.8. The van der Waals surface area contributed by atoms with Crippen LogP contribution in [0.1, 0.15) is 54.4 Å². The van der Waals surface area contributed by atoms with Crippen molar-refractivity contribution >= 4 is 28.4 Å². The molecule has 0 spiro atoms. The van der Waals surface area contributed by atoms with Gasteiger partial charge in [-0.15, -0.1) is 0 Å². The molecule has 0 unspecified atom stereocenters. The van der Waals surface area contributed by atoms with Gasteiger partial charge in [0.05, 0.1) is 0 Å². The SMILES string of the molecule is COC(=[O+][O-])C1(O)C[C@@H](O[Si](C)(C)C(C)(C)C)C(=O)[C@H](O[Si](C)(C)C(C)(C)C)C1. The fraction of sp³-hybridized carbons (Fsp3) is 0.900. The standard InChI is InChI=1S/C20H40O7Si2/c1-18(2,3)28(8,9)26-14-12-20(22,17(24-7)25-23)13-15(16(14)21)27-29(10,11)19(4,5)6/h14-15,22H,12-13H2,1-11H3/t14-,15-/m1/s1. The van der Waals surface area contributed by atoms with E-state index in [-0.39, 0.29) is 28.7 Å². The van der Waals surface area contributed by atoms with Crippen LogP contribution in [0.15, 0.2) is 0 Å². The molecule has 1 aliphatic carbocycles. The second-order valence-corrected chi connectivity index (χ2v) is 20.7. The normalized spacial score (nSPS) is 27.9. The maximum atomic E-state index is 13.3. The number of aliphatic hydroxyl groups is 1. The quantitative estimate of drug-likeness (QED) is 0.228. The lowest BCUT2D eigenvalue weighted by Gasteiger charge is -2.45. The average molecular weight is 449 g/mol. The van der Waals surface area contributed by atoms with Gasteiger partial charge in [-0.1, -0.05) is 41.5 Å². The summed E-state index contributed by atoms with van der Waals surface area (Å²) in [6.45, 7) is 20.7. The number of hydrogen-bond donors (Lipinski definition) is 1. The van der Waals surface area contributed by atoms with Crippen molar-refractivity contribution in [2.75, 3.05) is 7.11 Å². The zero-order valence-corrected chi connectivity index (χ0v) is 22.0. The third kappa shape index (κ3) is 5.69. The van der Waals surface area contributed by atoms with Crippen molar-refractivity contribution in [3.05, 3.63) is 0 Å². The molecule has 1 N–H and O–H groups in total. The van der Waals surface area contributed by atoms with Gasteiger partial charge < -0.3 is 24.0 Å². The summed E-state index contributed by atoms with van der Waals surface area (Å²) in [5.41, 5.74) is -1.76. The van der Waals surface area contributed by atoms with Crippen LogP contribution >= 0.6 is 0 Å². The second-order valence-electron chi connectivity index (χ2n) is 11.2. The highest BCUT2D eigenvalue weighted by Gasteiger charge is 2.58. The van der Waals surface area contributed by atoms with E-state index in [9.17, 15) is 15.2 Å². The molecular formula is C20H40O7Si2. The van der Waals surface area contributed by atoms with Gasteiger partial charge in [0.15, 0.2) is 29.5 Å². The first kappa shape index (κ1) is 26.3. The Bertz CT molecular complexity index is 590. The fourth-order valence-electron chi connectivity index (χ4n) is 2.84. The Balaban J connectivity index is 3.35. The van der Waals surface area contributed by atoms with E-state index in [0.717, 1.165) is 0 Å². The summed E-state index contributed by atoms with van der Waals surface area (Å²) in [6.07, 6.45) is -1.99. The van der Waals surface area contributed by atoms with Crippen LogP contribution in [0.5, 0.6) is 0 Å². The molecule has 0 bridgehead atoms. The number of ether oxygens (including phenoxy) is 1. The van der Waals surface area contributed by atoms with Gasteiger partial charge in [0, 0.05) is 12.8 Å². The Morgan fingerprint density at radius 3 is 1.59 bits per heavy atom. The van der Waals surface area contributed by atoms with E-state index in [4.69, 9.17) is 13.6 Å². The van der Waals surface area contributed by atoms with Gasteiger partial charge in [0.25, 0.3) is 0 Å². The number of rotatable bonds is 5. The van der Waals surface area contributed by atoms with Crippen molar-refractivity contribution in [3.8, 4) is 0 Å². The van der Waals surface area contributed by atoms with Gasteiger partial charge in [0.1, 0.15) is 12.2 Å². The first-order chi connectivity index (χ1) is 12.8. The van der Waals surface area contributed by atoms with Crippen LogP contribution in [0.3, 0.4) is 0 Å². The molecule has 0 aliphatic heterocycles. The third-order valence-corrected chi connectivity index (χ3v) is 15.8. The maximum Gasteiger partial charge on any atom is 0.530 e. The molecule has 1 fully saturated rings. The monoisotopic (exact) mass is 448 g/mol. The van der Waals surface area contributed by atoms with Crippen LogP contribution in [0.2, 0.25) is 36.3 Å². The van der Waals surface area contributed by atoms with Crippen LogP contribution in [0, 0.1) is 0 Å².